The first kappa shape index (κ1) is 28.3. The Bertz CT molecular complexity index is 2910. The maximum absolute atomic E-state index is 8.78. The van der Waals surface area contributed by atoms with Crippen molar-refractivity contribution in [1.82, 2.24) is 4.57 Å². The number of para-hydroxylation sites is 1. The van der Waals surface area contributed by atoms with Gasteiger partial charge >= 0.3 is 0 Å². The summed E-state index contributed by atoms with van der Waals surface area (Å²) in [7, 11) is 0. The fraction of sp³-hybridized carbons (Fsp3) is 0. The van der Waals surface area contributed by atoms with Crippen LogP contribution >= 0.6 is 0 Å². The fourth-order valence-corrected chi connectivity index (χ4v) is 7.57. The summed E-state index contributed by atoms with van der Waals surface area (Å²) in [6.07, 6.45) is 9.55. The van der Waals surface area contributed by atoms with E-state index in [-0.39, 0.29) is 0 Å². The van der Waals surface area contributed by atoms with Gasteiger partial charge in [0.1, 0.15) is 11.2 Å². The molecular weight excluding hydrogens is 611 g/mol. The highest BCUT2D eigenvalue weighted by Crippen LogP contribution is 2.40. The summed E-state index contributed by atoms with van der Waals surface area (Å²) in [6, 6.07) is 49.1. The van der Waals surface area contributed by atoms with E-state index in [1.165, 1.54) is 43.4 Å². The van der Waals surface area contributed by atoms with Gasteiger partial charge in [-0.3, -0.25) is 4.99 Å². The van der Waals surface area contributed by atoms with Crippen molar-refractivity contribution in [3.63, 3.8) is 0 Å². The van der Waals surface area contributed by atoms with E-state index in [4.69, 9.17) is 14.8 Å². The Hall–Kier alpha value is -6.78. The van der Waals surface area contributed by atoms with Crippen LogP contribution in [0.3, 0.4) is 0 Å². The molecule has 50 heavy (non-hydrogen) atoms. The first-order valence-electron chi connectivity index (χ1n) is 16.8. The number of rotatable bonds is 4. The van der Waals surface area contributed by atoms with E-state index in [1.54, 1.807) is 0 Å². The average molecular weight is 640 g/mol. The van der Waals surface area contributed by atoms with Crippen molar-refractivity contribution in [3.8, 4) is 5.69 Å². The van der Waals surface area contributed by atoms with Gasteiger partial charge in [0.05, 0.1) is 22.4 Å². The molecule has 0 fully saturated rings. The normalized spacial score (nSPS) is 14.4. The minimum Gasteiger partial charge on any atom is -0.456 e. The van der Waals surface area contributed by atoms with Crippen LogP contribution in [0.1, 0.15) is 11.1 Å². The van der Waals surface area contributed by atoms with Crippen molar-refractivity contribution >= 4 is 82.9 Å². The number of furan rings is 1. The molecule has 10 rings (SSSR count). The summed E-state index contributed by atoms with van der Waals surface area (Å²) >= 11 is 0. The second-order valence-electron chi connectivity index (χ2n) is 12.8. The van der Waals surface area contributed by atoms with Crippen LogP contribution in [-0.4, -0.2) is 16.5 Å². The lowest BCUT2D eigenvalue weighted by atomic mass is 9.98. The third kappa shape index (κ3) is 4.39. The first-order chi connectivity index (χ1) is 24.7. The molecule has 0 spiro atoms. The van der Waals surface area contributed by atoms with Crippen molar-refractivity contribution in [3.05, 3.63) is 181 Å². The molecule has 234 valence electrons. The summed E-state index contributed by atoms with van der Waals surface area (Å²) in [4.78, 5) is 5.13. The van der Waals surface area contributed by atoms with Gasteiger partial charge in [0.15, 0.2) is 0 Å². The van der Waals surface area contributed by atoms with Crippen LogP contribution in [-0.2, 0) is 0 Å². The summed E-state index contributed by atoms with van der Waals surface area (Å²) in [5, 5.41) is 18.3. The lowest BCUT2D eigenvalue weighted by Gasteiger charge is -2.12. The smallest absolute Gasteiger partial charge is 0.135 e. The highest BCUT2D eigenvalue weighted by Gasteiger charge is 2.18. The molecule has 4 heteroatoms. The number of benzene rings is 7. The number of fused-ring (bicyclic) bond motifs is 10. The second-order valence-corrected chi connectivity index (χ2v) is 12.8. The summed E-state index contributed by atoms with van der Waals surface area (Å²) in [5.41, 5.74) is 8.91. The van der Waals surface area contributed by atoms with E-state index >= 15 is 0 Å². The standard InChI is InChI=1S/C46H29N3O/c47-39-18-7-5-17-37(39)46(32-22-25-43-38(27-32)36-16-6-8-19-42(36)50-43)48-28-29-10-9-13-33(26-29)49-40-23-20-30-11-1-3-14-34(30)44(40)45-35-15-4-2-12-31(35)21-24-41(45)49/h1-28,47H/b46-37-,47-39?,48-28?. The van der Waals surface area contributed by atoms with Gasteiger partial charge in [-0.2, -0.15) is 0 Å². The molecule has 0 saturated carbocycles. The third-order valence-electron chi connectivity index (χ3n) is 9.85. The number of hydrogen-bond donors (Lipinski definition) is 1. The highest BCUT2D eigenvalue weighted by atomic mass is 16.3. The van der Waals surface area contributed by atoms with Crippen molar-refractivity contribution < 1.29 is 4.42 Å². The molecule has 0 unspecified atom stereocenters. The van der Waals surface area contributed by atoms with Crippen LogP contribution < -0.4 is 0 Å². The molecule has 0 saturated heterocycles. The van der Waals surface area contributed by atoms with Crippen LogP contribution in [0, 0.1) is 5.41 Å². The van der Waals surface area contributed by atoms with E-state index in [1.807, 2.05) is 60.9 Å². The fourth-order valence-electron chi connectivity index (χ4n) is 7.57. The Morgan fingerprint density at radius 3 is 1.98 bits per heavy atom. The zero-order chi connectivity index (χ0) is 33.2. The SMILES string of the molecule is N=C1C=CC=C/C1=C(/N=Cc1cccc(-n2c3ccc4ccccc4c3c3c4ccccc4ccc32)c1)c1ccc2oc3ccccc3c2c1. The van der Waals surface area contributed by atoms with E-state index in [0.29, 0.717) is 5.71 Å². The zero-order valence-electron chi connectivity index (χ0n) is 27.0. The Morgan fingerprint density at radius 2 is 1.24 bits per heavy atom. The quantitative estimate of drug-likeness (QED) is 0.191. The largest absolute Gasteiger partial charge is 0.456 e. The summed E-state index contributed by atoms with van der Waals surface area (Å²) in [6.45, 7) is 0. The number of aromatic nitrogens is 1. The average Bonchev–Trinajstić information content (AvgIpc) is 3.72. The predicted molar refractivity (Wildman–Crippen MR) is 210 cm³/mol. The molecule has 7 aromatic carbocycles. The van der Waals surface area contributed by atoms with Crippen molar-refractivity contribution in [2.75, 3.05) is 0 Å². The second kappa shape index (κ2) is 11.1. The van der Waals surface area contributed by atoms with E-state index in [0.717, 1.165) is 50.0 Å². The molecule has 0 atom stereocenters. The Labute approximate surface area is 287 Å². The predicted octanol–water partition coefficient (Wildman–Crippen LogP) is 12.0. The first-order valence-corrected chi connectivity index (χ1v) is 16.8. The number of allylic oxidation sites excluding steroid dienone is 5. The van der Waals surface area contributed by atoms with Crippen LogP contribution in [0.4, 0.5) is 0 Å². The van der Waals surface area contributed by atoms with E-state index in [9.17, 15) is 0 Å². The van der Waals surface area contributed by atoms with Gasteiger partial charge in [-0.05, 0) is 81.7 Å². The van der Waals surface area contributed by atoms with Gasteiger partial charge in [-0.25, -0.2) is 0 Å². The number of aliphatic imine (C=N–C) groups is 1. The molecule has 1 N–H and O–H groups in total. The van der Waals surface area contributed by atoms with Crippen molar-refractivity contribution in [2.45, 2.75) is 0 Å². The van der Waals surface area contributed by atoms with Crippen LogP contribution in [0.2, 0.25) is 0 Å². The topological polar surface area (TPSA) is 54.3 Å². The van der Waals surface area contributed by atoms with Gasteiger partial charge in [0, 0.05) is 44.6 Å². The summed E-state index contributed by atoms with van der Waals surface area (Å²) in [5.74, 6) is 0. The molecule has 9 aromatic rings. The number of nitrogens with zero attached hydrogens (tertiary/aromatic N) is 2. The molecule has 2 heterocycles. The zero-order valence-corrected chi connectivity index (χ0v) is 27.0. The van der Waals surface area contributed by atoms with Gasteiger partial charge in [-0.1, -0.05) is 109 Å². The molecule has 0 amide bonds. The summed E-state index contributed by atoms with van der Waals surface area (Å²) < 4.78 is 8.49. The van der Waals surface area contributed by atoms with Crippen molar-refractivity contribution in [1.29, 1.82) is 5.41 Å². The maximum atomic E-state index is 8.78. The molecule has 0 aliphatic heterocycles. The molecule has 2 aromatic heterocycles. The molecule has 4 nitrogen and oxygen atoms in total. The number of hydrogen-bond acceptors (Lipinski definition) is 3. The molecular formula is C46H29N3O. The van der Waals surface area contributed by atoms with Crippen molar-refractivity contribution in [2.24, 2.45) is 4.99 Å². The van der Waals surface area contributed by atoms with E-state index in [2.05, 4.69) is 114 Å². The van der Waals surface area contributed by atoms with Crippen LogP contribution in [0.5, 0.6) is 0 Å². The maximum Gasteiger partial charge on any atom is 0.135 e. The Balaban J connectivity index is 1.15. The number of nitrogens with one attached hydrogen (secondary N) is 1. The van der Waals surface area contributed by atoms with Crippen LogP contribution in [0.25, 0.3) is 76.7 Å². The van der Waals surface area contributed by atoms with Gasteiger partial charge < -0.3 is 14.4 Å². The molecule has 0 bridgehead atoms. The van der Waals surface area contributed by atoms with E-state index < -0.39 is 0 Å². The molecule has 0 radical (unpaired) electrons. The monoisotopic (exact) mass is 639 g/mol. The van der Waals surface area contributed by atoms with Crippen LogP contribution in [0.15, 0.2) is 179 Å². The highest BCUT2D eigenvalue weighted by molar-refractivity contribution is 6.28. The minimum absolute atomic E-state index is 0.426. The van der Waals surface area contributed by atoms with Gasteiger partial charge in [-0.15, -0.1) is 0 Å². The third-order valence-corrected chi connectivity index (χ3v) is 9.85. The molecule has 1 aliphatic rings. The Morgan fingerprint density at radius 1 is 0.580 bits per heavy atom. The minimum atomic E-state index is 0.426. The molecule has 1 aliphatic carbocycles. The lowest BCUT2D eigenvalue weighted by Crippen LogP contribution is -2.02. The Kier molecular flexibility index (Phi) is 6.30. The van der Waals surface area contributed by atoms with Gasteiger partial charge in [0.25, 0.3) is 0 Å². The van der Waals surface area contributed by atoms with Gasteiger partial charge in [0.2, 0.25) is 0 Å². The lowest BCUT2D eigenvalue weighted by molar-refractivity contribution is 0.669.